The summed E-state index contributed by atoms with van der Waals surface area (Å²) in [5.41, 5.74) is 0. The number of allylic oxidation sites excluding steroid dienone is 9. The van der Waals surface area contributed by atoms with Crippen molar-refractivity contribution in [2.24, 2.45) is 0 Å². The molecule has 0 aromatic rings. The molecule has 0 spiro atoms. The normalized spacial score (nSPS) is 18.2. The van der Waals surface area contributed by atoms with Gasteiger partial charge < -0.3 is 45.1 Å². The summed E-state index contributed by atoms with van der Waals surface area (Å²) in [7, 11) is 0. The summed E-state index contributed by atoms with van der Waals surface area (Å²) in [5, 5.41) is 54.3. The van der Waals surface area contributed by atoms with E-state index in [4.69, 9.17) is 14.2 Å². The number of carbonyl (C=O) groups is 2. The zero-order chi connectivity index (χ0) is 63.0. The molecule has 1 aliphatic rings. The van der Waals surface area contributed by atoms with Crippen LogP contribution in [-0.4, -0.2) is 100 Å². The van der Waals surface area contributed by atoms with Crippen LogP contribution in [-0.2, 0) is 23.8 Å². The number of nitrogens with one attached hydrogen (secondary N) is 1. The van der Waals surface area contributed by atoms with E-state index in [-0.39, 0.29) is 18.5 Å². The van der Waals surface area contributed by atoms with Gasteiger partial charge in [0.25, 0.3) is 0 Å². The molecule has 7 atom stereocenters. The molecular weight excluding hydrogens is 1090 g/mol. The summed E-state index contributed by atoms with van der Waals surface area (Å²) in [6.45, 7) is 4.29. The number of amides is 1. The molecule has 0 aromatic carbocycles. The van der Waals surface area contributed by atoms with Crippen LogP contribution in [0.2, 0.25) is 0 Å². The minimum Gasteiger partial charge on any atom is -0.466 e. The number of esters is 1. The van der Waals surface area contributed by atoms with Crippen LogP contribution in [0.25, 0.3) is 0 Å². The molecule has 11 heteroatoms. The second-order valence-electron chi connectivity index (χ2n) is 25.6. The highest BCUT2D eigenvalue weighted by Gasteiger charge is 2.44. The van der Waals surface area contributed by atoms with E-state index in [0.29, 0.717) is 19.4 Å². The molecule has 1 rings (SSSR count). The fourth-order valence-corrected chi connectivity index (χ4v) is 11.5. The summed E-state index contributed by atoms with van der Waals surface area (Å²) in [4.78, 5) is 25.1. The van der Waals surface area contributed by atoms with Crippen LogP contribution in [0.4, 0.5) is 0 Å². The van der Waals surface area contributed by atoms with E-state index in [1.165, 1.54) is 257 Å². The Hall–Kier alpha value is -2.64. The molecule has 1 amide bonds. The van der Waals surface area contributed by atoms with Crippen molar-refractivity contribution in [3.63, 3.8) is 0 Å². The number of ether oxygens (including phenoxy) is 3. The molecule has 7 unspecified atom stereocenters. The highest BCUT2D eigenvalue weighted by atomic mass is 16.7. The molecule has 1 heterocycles. The Morgan fingerprint density at radius 3 is 1.23 bits per heavy atom. The first-order chi connectivity index (χ1) is 42.7. The Kier molecular flexibility index (Phi) is 61.4. The Morgan fingerprint density at radius 1 is 0.425 bits per heavy atom. The Morgan fingerprint density at radius 2 is 0.782 bits per heavy atom. The number of aliphatic hydroxyl groups excluding tert-OH is 5. The maximum absolute atomic E-state index is 13.0. The third-order valence-electron chi connectivity index (χ3n) is 17.3. The van der Waals surface area contributed by atoms with Crippen LogP contribution in [0.3, 0.4) is 0 Å². The molecule has 87 heavy (non-hydrogen) atoms. The first-order valence-corrected chi connectivity index (χ1v) is 37.1. The third-order valence-corrected chi connectivity index (χ3v) is 17.3. The lowest BCUT2D eigenvalue weighted by atomic mass is 9.99. The van der Waals surface area contributed by atoms with Gasteiger partial charge >= 0.3 is 5.97 Å². The van der Waals surface area contributed by atoms with Gasteiger partial charge in [-0.1, -0.05) is 293 Å². The van der Waals surface area contributed by atoms with Crippen molar-refractivity contribution in [1.29, 1.82) is 0 Å². The minimum absolute atomic E-state index is 0.00209. The van der Waals surface area contributed by atoms with E-state index in [2.05, 4.69) is 67.8 Å². The van der Waals surface area contributed by atoms with Crippen LogP contribution in [0.5, 0.6) is 0 Å². The van der Waals surface area contributed by atoms with E-state index in [1.807, 2.05) is 6.08 Å². The number of hydrogen-bond acceptors (Lipinski definition) is 10. The number of carbonyl (C=O) groups excluding carboxylic acids is 2. The smallest absolute Gasteiger partial charge is 0.305 e. The van der Waals surface area contributed by atoms with Crippen molar-refractivity contribution < 1.29 is 49.3 Å². The molecular formula is C76H139NO10. The van der Waals surface area contributed by atoms with Gasteiger partial charge in [-0.05, 0) is 103 Å². The zero-order valence-electron chi connectivity index (χ0n) is 56.5. The van der Waals surface area contributed by atoms with Gasteiger partial charge in [0, 0.05) is 12.8 Å². The summed E-state index contributed by atoms with van der Waals surface area (Å²) in [6, 6.07) is -0.825. The molecule has 1 fully saturated rings. The molecule has 0 aromatic heterocycles. The van der Waals surface area contributed by atoms with Gasteiger partial charge in [0.15, 0.2) is 6.29 Å². The summed E-state index contributed by atoms with van der Waals surface area (Å²) >= 11 is 0. The molecule has 0 aliphatic carbocycles. The SMILES string of the molecule is CCCCC/C=C\CCCCCCCC(=O)OCCCCCCCCCCCCCCC/C=C\C/C=C\CCCCCCCCCCCCCCCCCCCC(=O)NC(COC1OC(CO)C(O)C(O)C1O)C(O)/C=C/CC/C=C/CCCCCC. The van der Waals surface area contributed by atoms with Crippen molar-refractivity contribution in [2.75, 3.05) is 19.8 Å². The fourth-order valence-electron chi connectivity index (χ4n) is 11.5. The number of aliphatic hydroxyl groups is 5. The molecule has 1 saturated heterocycles. The average molecular weight is 1230 g/mol. The summed E-state index contributed by atoms with van der Waals surface area (Å²) < 4.78 is 16.7. The average Bonchev–Trinajstić information content (AvgIpc) is 2.82. The number of rotatable bonds is 65. The van der Waals surface area contributed by atoms with Gasteiger partial charge in [0.05, 0.1) is 32.0 Å². The zero-order valence-corrected chi connectivity index (χ0v) is 56.5. The van der Waals surface area contributed by atoms with Crippen LogP contribution >= 0.6 is 0 Å². The largest absolute Gasteiger partial charge is 0.466 e. The molecule has 508 valence electrons. The molecule has 1 aliphatic heterocycles. The van der Waals surface area contributed by atoms with Crippen molar-refractivity contribution in [3.05, 3.63) is 60.8 Å². The van der Waals surface area contributed by atoms with Crippen LogP contribution in [0.1, 0.15) is 348 Å². The highest BCUT2D eigenvalue weighted by Crippen LogP contribution is 2.23. The van der Waals surface area contributed by atoms with E-state index < -0.39 is 49.5 Å². The molecule has 6 N–H and O–H groups in total. The molecule has 11 nitrogen and oxygen atoms in total. The summed E-state index contributed by atoms with van der Waals surface area (Å²) in [6.07, 6.45) is 76.8. The maximum atomic E-state index is 13.0. The Bertz CT molecular complexity index is 1630. The van der Waals surface area contributed by atoms with Gasteiger partial charge in [0.1, 0.15) is 24.4 Å². The fraction of sp³-hybridized carbons (Fsp3) is 0.842. The minimum atomic E-state index is -1.58. The van der Waals surface area contributed by atoms with E-state index in [1.54, 1.807) is 6.08 Å². The van der Waals surface area contributed by atoms with E-state index in [9.17, 15) is 35.1 Å². The van der Waals surface area contributed by atoms with Crippen LogP contribution in [0, 0.1) is 0 Å². The third kappa shape index (κ3) is 53.7. The van der Waals surface area contributed by atoms with Crippen LogP contribution < -0.4 is 5.32 Å². The topological polar surface area (TPSA) is 175 Å². The molecule has 0 radical (unpaired) electrons. The quantitative estimate of drug-likeness (QED) is 0.0195. The van der Waals surface area contributed by atoms with Crippen molar-refractivity contribution >= 4 is 11.9 Å². The van der Waals surface area contributed by atoms with Crippen molar-refractivity contribution in [3.8, 4) is 0 Å². The monoisotopic (exact) mass is 1230 g/mol. The van der Waals surface area contributed by atoms with Gasteiger partial charge in [-0.15, -0.1) is 0 Å². The van der Waals surface area contributed by atoms with E-state index >= 15 is 0 Å². The lowest BCUT2D eigenvalue weighted by Crippen LogP contribution is -2.60. The van der Waals surface area contributed by atoms with Gasteiger partial charge in [0.2, 0.25) is 5.91 Å². The number of unbranched alkanes of at least 4 members (excludes halogenated alkanes) is 43. The van der Waals surface area contributed by atoms with Crippen LogP contribution in [0.15, 0.2) is 60.8 Å². The predicted octanol–water partition coefficient (Wildman–Crippen LogP) is 19.3. The first kappa shape index (κ1) is 82.4. The lowest BCUT2D eigenvalue weighted by molar-refractivity contribution is -0.302. The standard InChI is InChI=1S/C76H139NO10/c1-3-5-7-9-11-13-15-44-48-52-56-60-64-72(81)85-65-61-57-53-49-45-42-40-38-36-34-32-30-28-26-24-22-20-18-16-17-19-21-23-25-27-29-31-33-35-37-39-41-43-47-51-55-59-63-71(80)77-68(67-86-76-75(84)74(83)73(82)70(66-78)87-76)69(79)62-58-54-50-46-14-12-10-8-6-4-2/h11,13-14,16,18,22,24,46,58,62,68-70,73-76,78-79,82-84H,3-10,12,15,17,19-21,23,25-45,47-57,59-61,63-67H2,1-2H3,(H,77,80)/b13-11-,18-16-,24-22-,46-14+,62-58+. The van der Waals surface area contributed by atoms with Gasteiger partial charge in [-0.2, -0.15) is 0 Å². The Balaban J connectivity index is 1.91. The van der Waals surface area contributed by atoms with Crippen molar-refractivity contribution in [2.45, 2.75) is 391 Å². The lowest BCUT2D eigenvalue weighted by Gasteiger charge is -2.40. The second-order valence-corrected chi connectivity index (χ2v) is 25.6. The first-order valence-electron chi connectivity index (χ1n) is 37.1. The van der Waals surface area contributed by atoms with Gasteiger partial charge in [-0.3, -0.25) is 9.59 Å². The van der Waals surface area contributed by atoms with E-state index in [0.717, 1.165) is 64.2 Å². The van der Waals surface area contributed by atoms with Gasteiger partial charge in [-0.25, -0.2) is 0 Å². The predicted molar refractivity (Wildman–Crippen MR) is 366 cm³/mol. The second kappa shape index (κ2) is 64.9. The highest BCUT2D eigenvalue weighted by molar-refractivity contribution is 5.76. The molecule has 0 saturated carbocycles. The van der Waals surface area contributed by atoms with Crippen molar-refractivity contribution in [1.82, 2.24) is 5.32 Å². The number of hydrogen-bond donors (Lipinski definition) is 6. The molecule has 0 bridgehead atoms. The Labute approximate surface area is 535 Å². The summed E-state index contributed by atoms with van der Waals surface area (Å²) in [5.74, 6) is -0.188. The maximum Gasteiger partial charge on any atom is 0.305 e.